The van der Waals surface area contributed by atoms with E-state index in [1.54, 1.807) is 0 Å². The molecule has 0 aromatic carbocycles. The van der Waals surface area contributed by atoms with Crippen molar-refractivity contribution in [3.63, 3.8) is 0 Å². The lowest BCUT2D eigenvalue weighted by Gasteiger charge is -1.86. The summed E-state index contributed by atoms with van der Waals surface area (Å²) < 4.78 is 2.67. The van der Waals surface area contributed by atoms with Crippen LogP contribution in [0.25, 0.3) is 0 Å². The molecule has 1 rings (SSSR count). The fourth-order valence-electron chi connectivity index (χ4n) is 0.239. The van der Waals surface area contributed by atoms with Gasteiger partial charge in [0.05, 0.1) is 0 Å². The monoisotopic (exact) mass is 156 g/mol. The number of nitrogens with zero attached hydrogens (tertiary/aromatic N) is 1. The van der Waals surface area contributed by atoms with Crippen LogP contribution >= 0.6 is 35.1 Å². The van der Waals surface area contributed by atoms with Crippen molar-refractivity contribution in [3.05, 3.63) is 0 Å². The number of amidine groups is 1. The van der Waals surface area contributed by atoms with Gasteiger partial charge in [-0.05, 0) is 23.5 Å². The van der Waals surface area contributed by atoms with E-state index in [0.717, 1.165) is 0 Å². The molecule has 0 spiro atoms. The SMILES string of the molecule is ClC1=NC(Cl)SN1. The lowest BCUT2D eigenvalue weighted by molar-refractivity contribution is 1.31. The van der Waals surface area contributed by atoms with Gasteiger partial charge in [-0.1, -0.05) is 11.6 Å². The molecule has 0 amide bonds. The van der Waals surface area contributed by atoms with E-state index >= 15 is 0 Å². The molecule has 0 aliphatic carbocycles. The van der Waals surface area contributed by atoms with Gasteiger partial charge in [-0.25, -0.2) is 4.99 Å². The minimum atomic E-state index is -0.243. The fraction of sp³-hybridized carbons (Fsp3) is 0.500. The van der Waals surface area contributed by atoms with Crippen molar-refractivity contribution >= 4 is 40.4 Å². The minimum Gasteiger partial charge on any atom is -0.302 e. The summed E-state index contributed by atoms with van der Waals surface area (Å²) in [6.45, 7) is 0. The Balaban J connectivity index is 2.50. The molecule has 1 aliphatic heterocycles. The van der Waals surface area contributed by atoms with E-state index < -0.39 is 0 Å². The molecule has 0 aromatic rings. The van der Waals surface area contributed by atoms with Crippen molar-refractivity contribution in [3.8, 4) is 0 Å². The highest BCUT2D eigenvalue weighted by atomic mass is 35.5. The number of aliphatic imine (C=N–C) groups is 1. The van der Waals surface area contributed by atoms with Gasteiger partial charge >= 0.3 is 0 Å². The molecule has 0 saturated heterocycles. The molecule has 0 aromatic heterocycles. The van der Waals surface area contributed by atoms with Gasteiger partial charge in [0.25, 0.3) is 0 Å². The van der Waals surface area contributed by atoms with E-state index in [4.69, 9.17) is 23.2 Å². The highest BCUT2D eigenvalue weighted by Gasteiger charge is 2.11. The van der Waals surface area contributed by atoms with Gasteiger partial charge in [0.1, 0.15) is 0 Å². The Hall–Kier alpha value is 0.400. The summed E-state index contributed by atoms with van der Waals surface area (Å²) >= 11 is 12.1. The smallest absolute Gasteiger partial charge is 0.203 e. The van der Waals surface area contributed by atoms with Crippen LogP contribution in [0, 0.1) is 0 Å². The predicted octanol–water partition coefficient (Wildman–Crippen LogP) is 1.35. The highest BCUT2D eigenvalue weighted by molar-refractivity contribution is 8.00. The third-order valence-corrected chi connectivity index (χ3v) is 1.74. The van der Waals surface area contributed by atoms with Crippen LogP contribution in [0.5, 0.6) is 0 Å². The molecule has 5 heteroatoms. The summed E-state index contributed by atoms with van der Waals surface area (Å²) in [5.41, 5.74) is 0. The summed E-state index contributed by atoms with van der Waals surface area (Å²) in [4.78, 5) is 3.45. The molecular formula is C2H2Cl2N2S. The summed E-state index contributed by atoms with van der Waals surface area (Å²) in [6, 6.07) is 0. The quantitative estimate of drug-likeness (QED) is 0.326. The Morgan fingerprint density at radius 3 is 2.71 bits per heavy atom. The van der Waals surface area contributed by atoms with E-state index in [9.17, 15) is 0 Å². The molecule has 1 unspecified atom stereocenters. The van der Waals surface area contributed by atoms with Gasteiger partial charge in [-0.3, -0.25) is 0 Å². The Labute approximate surface area is 55.4 Å². The largest absolute Gasteiger partial charge is 0.302 e. The summed E-state index contributed by atoms with van der Waals surface area (Å²) in [6.07, 6.45) is 0. The first-order valence-electron chi connectivity index (χ1n) is 1.58. The normalized spacial score (nSPS) is 29.4. The maximum Gasteiger partial charge on any atom is 0.203 e. The lowest BCUT2D eigenvalue weighted by atomic mass is 11.2. The van der Waals surface area contributed by atoms with Crippen LogP contribution < -0.4 is 4.72 Å². The average molecular weight is 157 g/mol. The summed E-state index contributed by atoms with van der Waals surface area (Å²) in [5, 5.41) is 0.380. The van der Waals surface area contributed by atoms with E-state index in [1.807, 2.05) is 0 Å². The third kappa shape index (κ3) is 1.40. The van der Waals surface area contributed by atoms with Gasteiger partial charge in [0, 0.05) is 0 Å². The van der Waals surface area contributed by atoms with Crippen molar-refractivity contribution in [2.75, 3.05) is 0 Å². The maximum atomic E-state index is 5.44. The first-order chi connectivity index (χ1) is 3.29. The van der Waals surface area contributed by atoms with Crippen LogP contribution in [0.3, 0.4) is 0 Å². The molecule has 1 aliphatic rings. The molecule has 2 nitrogen and oxygen atoms in total. The Morgan fingerprint density at radius 2 is 2.57 bits per heavy atom. The van der Waals surface area contributed by atoms with Crippen LogP contribution in [0.15, 0.2) is 4.99 Å². The first-order valence-corrected chi connectivity index (χ1v) is 3.27. The molecular weight excluding hydrogens is 155 g/mol. The second-order valence-electron chi connectivity index (χ2n) is 0.932. The molecule has 0 fully saturated rings. The number of hydrogen-bond donors (Lipinski definition) is 1. The number of rotatable bonds is 0. The fourth-order valence-corrected chi connectivity index (χ4v) is 1.21. The Morgan fingerprint density at radius 1 is 1.86 bits per heavy atom. The van der Waals surface area contributed by atoms with Crippen LogP contribution in [0.1, 0.15) is 0 Å². The van der Waals surface area contributed by atoms with Crippen LogP contribution in [-0.4, -0.2) is 10.1 Å². The van der Waals surface area contributed by atoms with Crippen molar-refractivity contribution in [1.82, 2.24) is 4.72 Å². The second kappa shape index (κ2) is 2.11. The molecule has 40 valence electrons. The standard InChI is InChI=1S/C2H2Cl2N2S/c3-1-5-2(4)7-6-1/h2H,(H,5,6). The van der Waals surface area contributed by atoms with Gasteiger partial charge in [-0.15, -0.1) is 0 Å². The zero-order valence-corrected chi connectivity index (χ0v) is 5.52. The summed E-state index contributed by atoms with van der Waals surface area (Å²) in [7, 11) is 0. The number of hydrogen-bond acceptors (Lipinski definition) is 3. The van der Waals surface area contributed by atoms with Crippen molar-refractivity contribution in [2.45, 2.75) is 4.83 Å². The van der Waals surface area contributed by atoms with E-state index in [2.05, 4.69) is 9.71 Å². The van der Waals surface area contributed by atoms with Gasteiger partial charge in [-0.2, -0.15) is 0 Å². The Bertz CT molecular complexity index is 104. The predicted molar refractivity (Wildman–Crippen MR) is 33.7 cm³/mol. The zero-order valence-electron chi connectivity index (χ0n) is 3.19. The Kier molecular flexibility index (Phi) is 1.67. The number of halogens is 2. The minimum absolute atomic E-state index is 0.243. The van der Waals surface area contributed by atoms with Crippen molar-refractivity contribution < 1.29 is 0 Å². The van der Waals surface area contributed by atoms with Crippen LogP contribution in [0.4, 0.5) is 0 Å². The van der Waals surface area contributed by atoms with Gasteiger partial charge in [0.2, 0.25) is 5.29 Å². The van der Waals surface area contributed by atoms with E-state index in [-0.39, 0.29) is 4.83 Å². The number of nitrogens with one attached hydrogen (secondary N) is 1. The van der Waals surface area contributed by atoms with E-state index in [0.29, 0.717) is 5.29 Å². The lowest BCUT2D eigenvalue weighted by Crippen LogP contribution is -2.00. The van der Waals surface area contributed by atoms with Crippen LogP contribution in [0.2, 0.25) is 0 Å². The maximum absolute atomic E-state index is 5.44. The number of alkyl halides is 1. The van der Waals surface area contributed by atoms with Gasteiger partial charge < -0.3 is 4.72 Å². The average Bonchev–Trinajstić information content (AvgIpc) is 1.87. The summed E-state index contributed by atoms with van der Waals surface area (Å²) in [5.74, 6) is 0. The molecule has 0 radical (unpaired) electrons. The zero-order chi connectivity index (χ0) is 5.28. The van der Waals surface area contributed by atoms with Crippen molar-refractivity contribution in [2.24, 2.45) is 4.99 Å². The molecule has 0 bridgehead atoms. The first kappa shape index (κ1) is 5.54. The molecule has 0 saturated carbocycles. The van der Waals surface area contributed by atoms with Crippen LogP contribution in [-0.2, 0) is 0 Å². The molecule has 7 heavy (non-hydrogen) atoms. The highest BCUT2D eigenvalue weighted by Crippen LogP contribution is 2.19. The molecule has 1 heterocycles. The second-order valence-corrected chi connectivity index (χ2v) is 2.85. The topological polar surface area (TPSA) is 24.4 Å². The van der Waals surface area contributed by atoms with Gasteiger partial charge in [0.15, 0.2) is 4.83 Å². The molecule has 1 atom stereocenters. The van der Waals surface area contributed by atoms with Crippen molar-refractivity contribution in [1.29, 1.82) is 0 Å². The van der Waals surface area contributed by atoms with E-state index in [1.165, 1.54) is 11.9 Å². The molecule has 1 N–H and O–H groups in total. The third-order valence-electron chi connectivity index (χ3n) is 0.455.